The summed E-state index contributed by atoms with van der Waals surface area (Å²) in [6, 6.07) is 5.28. The predicted octanol–water partition coefficient (Wildman–Crippen LogP) is 2.17. The maximum atomic E-state index is 13.2. The summed E-state index contributed by atoms with van der Waals surface area (Å²) in [5, 5.41) is 5.79. The highest BCUT2D eigenvalue weighted by atomic mass is 32.2. The fourth-order valence-electron chi connectivity index (χ4n) is 3.83. The van der Waals surface area contributed by atoms with Gasteiger partial charge in [-0.3, -0.25) is 9.78 Å². The number of ether oxygens (including phenoxy) is 2. The zero-order chi connectivity index (χ0) is 21.0. The lowest BCUT2D eigenvalue weighted by atomic mass is 9.92. The van der Waals surface area contributed by atoms with Gasteiger partial charge in [0.05, 0.1) is 31.1 Å². The molecule has 1 amide bonds. The third-order valence-electron chi connectivity index (χ3n) is 5.42. The molecule has 1 aromatic heterocycles. The van der Waals surface area contributed by atoms with Crippen molar-refractivity contribution in [2.45, 2.75) is 25.7 Å². The Labute approximate surface area is 171 Å². The first-order chi connectivity index (χ1) is 13.8. The molecule has 0 unspecified atom stereocenters. The van der Waals surface area contributed by atoms with Gasteiger partial charge in [0.2, 0.25) is 10.0 Å². The molecule has 1 saturated heterocycles. The molecule has 1 aromatic carbocycles. The largest absolute Gasteiger partial charge is 0.493 e. The number of fused-ring (bicyclic) bond motifs is 1. The van der Waals surface area contributed by atoms with Crippen LogP contribution < -0.4 is 14.6 Å². The number of aromatic nitrogens is 1. The van der Waals surface area contributed by atoms with Crippen LogP contribution in [-0.4, -0.2) is 57.3 Å². The summed E-state index contributed by atoms with van der Waals surface area (Å²) in [6.45, 7) is 1.30. The maximum absolute atomic E-state index is 13.2. The molecule has 1 fully saturated rings. The molecule has 1 aliphatic heterocycles. The van der Waals surface area contributed by atoms with Gasteiger partial charge in [0.15, 0.2) is 11.5 Å². The molecule has 0 atom stereocenters. The van der Waals surface area contributed by atoms with Crippen LogP contribution in [0, 0.1) is 5.92 Å². The van der Waals surface area contributed by atoms with Crippen molar-refractivity contribution >= 4 is 26.8 Å². The van der Waals surface area contributed by atoms with Gasteiger partial charge in [-0.1, -0.05) is 0 Å². The van der Waals surface area contributed by atoms with Crippen LogP contribution in [0.4, 0.5) is 0 Å². The number of rotatable bonds is 7. The van der Waals surface area contributed by atoms with Crippen LogP contribution in [0.5, 0.6) is 11.5 Å². The summed E-state index contributed by atoms with van der Waals surface area (Å²) in [4.78, 5) is 19.4. The molecule has 2 heterocycles. The number of nitrogens with zero attached hydrogens (tertiary/aromatic N) is 2. The second-order valence-corrected chi connectivity index (χ2v) is 9.06. The number of piperidine rings is 1. The van der Waals surface area contributed by atoms with Gasteiger partial charge in [0.25, 0.3) is 5.91 Å². The van der Waals surface area contributed by atoms with Gasteiger partial charge in [-0.15, -0.1) is 0 Å². The Hall–Kier alpha value is -2.39. The van der Waals surface area contributed by atoms with E-state index in [0.29, 0.717) is 48.0 Å². The van der Waals surface area contributed by atoms with Crippen LogP contribution in [0.25, 0.3) is 10.9 Å². The number of benzene rings is 1. The molecule has 3 rings (SSSR count). The molecular formula is C20H27N3O5S. The standard InChI is InChI=1S/C20H27N3O5S/c1-27-18-12-16-15(5-8-22-17(16)13-19(18)28-2)20(24)23-9-6-14(7-10-23)4-3-11-29(21,25)26/h5,8,12-14H,3-4,6-7,9-11H2,1-2H3,(H2,21,25,26). The van der Waals surface area contributed by atoms with Gasteiger partial charge in [-0.05, 0) is 43.7 Å². The van der Waals surface area contributed by atoms with Gasteiger partial charge in [0.1, 0.15) is 0 Å². The first-order valence-corrected chi connectivity index (χ1v) is 11.3. The highest BCUT2D eigenvalue weighted by Gasteiger charge is 2.25. The van der Waals surface area contributed by atoms with E-state index >= 15 is 0 Å². The average molecular weight is 422 g/mol. The van der Waals surface area contributed by atoms with Crippen LogP contribution in [0.15, 0.2) is 24.4 Å². The quantitative estimate of drug-likeness (QED) is 0.733. The summed E-state index contributed by atoms with van der Waals surface area (Å²) in [7, 11) is -0.287. The first-order valence-electron chi connectivity index (χ1n) is 9.63. The van der Waals surface area contributed by atoms with E-state index in [1.165, 1.54) is 0 Å². The number of carbonyl (C=O) groups excluding carboxylic acids is 1. The number of primary sulfonamides is 1. The minimum atomic E-state index is -3.41. The number of hydrogen-bond donors (Lipinski definition) is 1. The topological polar surface area (TPSA) is 112 Å². The van der Waals surface area contributed by atoms with Crippen molar-refractivity contribution < 1.29 is 22.7 Å². The minimum absolute atomic E-state index is 0.0143. The Morgan fingerprint density at radius 1 is 1.21 bits per heavy atom. The van der Waals surface area contributed by atoms with E-state index in [4.69, 9.17) is 14.6 Å². The molecule has 0 bridgehead atoms. The minimum Gasteiger partial charge on any atom is -0.493 e. The Bertz CT molecular complexity index is 985. The molecule has 0 radical (unpaired) electrons. The van der Waals surface area contributed by atoms with Crippen LogP contribution >= 0.6 is 0 Å². The molecular weight excluding hydrogens is 394 g/mol. The van der Waals surface area contributed by atoms with Crippen LogP contribution in [-0.2, 0) is 10.0 Å². The molecule has 2 aromatic rings. The van der Waals surface area contributed by atoms with Gasteiger partial charge in [-0.2, -0.15) is 0 Å². The van der Waals surface area contributed by atoms with Crippen LogP contribution in [0.1, 0.15) is 36.0 Å². The SMILES string of the molecule is COc1cc2nccc(C(=O)N3CCC(CCCS(N)(=O)=O)CC3)c2cc1OC. The van der Waals surface area contributed by atoms with E-state index in [1.807, 2.05) is 4.90 Å². The van der Waals surface area contributed by atoms with Crippen molar-refractivity contribution in [2.24, 2.45) is 11.1 Å². The second kappa shape index (κ2) is 8.96. The number of amides is 1. The number of methoxy groups -OCH3 is 2. The highest BCUT2D eigenvalue weighted by molar-refractivity contribution is 7.89. The van der Waals surface area contributed by atoms with E-state index in [1.54, 1.807) is 38.6 Å². The Kier molecular flexibility index (Phi) is 6.59. The Balaban J connectivity index is 1.70. The van der Waals surface area contributed by atoms with Crippen molar-refractivity contribution in [3.8, 4) is 11.5 Å². The van der Waals surface area contributed by atoms with Gasteiger partial charge in [0, 0.05) is 30.7 Å². The van der Waals surface area contributed by atoms with Gasteiger partial charge < -0.3 is 14.4 Å². The van der Waals surface area contributed by atoms with Crippen LogP contribution in [0.3, 0.4) is 0 Å². The molecule has 0 aliphatic carbocycles. The number of pyridine rings is 1. The summed E-state index contributed by atoms with van der Waals surface area (Å²) in [6.07, 6.45) is 4.72. The van der Waals surface area contributed by atoms with Crippen molar-refractivity contribution in [2.75, 3.05) is 33.1 Å². The highest BCUT2D eigenvalue weighted by Crippen LogP contribution is 2.33. The molecule has 0 saturated carbocycles. The number of nitrogens with two attached hydrogens (primary N) is 1. The van der Waals surface area contributed by atoms with Gasteiger partial charge >= 0.3 is 0 Å². The molecule has 0 spiro atoms. The normalized spacial score (nSPS) is 15.5. The van der Waals surface area contributed by atoms with E-state index < -0.39 is 10.0 Å². The fraction of sp³-hybridized carbons (Fsp3) is 0.500. The summed E-state index contributed by atoms with van der Waals surface area (Å²) < 4.78 is 32.8. The maximum Gasteiger partial charge on any atom is 0.254 e. The summed E-state index contributed by atoms with van der Waals surface area (Å²) >= 11 is 0. The van der Waals surface area contributed by atoms with Crippen molar-refractivity contribution in [3.05, 3.63) is 30.0 Å². The zero-order valence-corrected chi connectivity index (χ0v) is 17.6. The third-order valence-corrected chi connectivity index (χ3v) is 6.28. The number of likely N-dealkylation sites (tertiary alicyclic amines) is 1. The molecule has 29 heavy (non-hydrogen) atoms. The van der Waals surface area contributed by atoms with E-state index in [9.17, 15) is 13.2 Å². The molecule has 1 aliphatic rings. The zero-order valence-electron chi connectivity index (χ0n) is 16.8. The smallest absolute Gasteiger partial charge is 0.254 e. The lowest BCUT2D eigenvalue weighted by Crippen LogP contribution is -2.38. The fourth-order valence-corrected chi connectivity index (χ4v) is 4.40. The molecule has 8 nitrogen and oxygen atoms in total. The third kappa shape index (κ3) is 5.16. The summed E-state index contributed by atoms with van der Waals surface area (Å²) in [5.41, 5.74) is 1.26. The van der Waals surface area contributed by atoms with Gasteiger partial charge in [-0.25, -0.2) is 13.6 Å². The number of sulfonamides is 1. The lowest BCUT2D eigenvalue weighted by Gasteiger charge is -2.32. The Morgan fingerprint density at radius 3 is 2.48 bits per heavy atom. The number of hydrogen-bond acceptors (Lipinski definition) is 6. The van der Waals surface area contributed by atoms with E-state index in [-0.39, 0.29) is 11.7 Å². The van der Waals surface area contributed by atoms with Crippen molar-refractivity contribution in [1.82, 2.24) is 9.88 Å². The lowest BCUT2D eigenvalue weighted by molar-refractivity contribution is 0.0688. The van der Waals surface area contributed by atoms with Crippen LogP contribution in [0.2, 0.25) is 0 Å². The molecule has 9 heteroatoms. The van der Waals surface area contributed by atoms with E-state index in [2.05, 4.69) is 4.98 Å². The van der Waals surface area contributed by atoms with Crippen molar-refractivity contribution in [3.63, 3.8) is 0 Å². The monoisotopic (exact) mass is 421 g/mol. The number of carbonyl (C=O) groups is 1. The molecule has 158 valence electrons. The predicted molar refractivity (Wildman–Crippen MR) is 111 cm³/mol. The average Bonchev–Trinajstić information content (AvgIpc) is 2.71. The van der Waals surface area contributed by atoms with E-state index in [0.717, 1.165) is 24.6 Å². The molecule has 2 N–H and O–H groups in total. The second-order valence-electron chi connectivity index (χ2n) is 7.33. The Morgan fingerprint density at radius 2 is 1.86 bits per heavy atom. The summed E-state index contributed by atoms with van der Waals surface area (Å²) in [5.74, 6) is 1.51. The first kappa shape index (κ1) is 21.3. The van der Waals surface area contributed by atoms with Crippen molar-refractivity contribution in [1.29, 1.82) is 0 Å².